The topological polar surface area (TPSA) is 0 Å². The van der Waals surface area contributed by atoms with E-state index in [4.69, 9.17) is 0 Å². The third-order valence-electron chi connectivity index (χ3n) is 2.82. The molecule has 0 aliphatic heterocycles. The minimum atomic E-state index is 0.396. The molecule has 0 saturated heterocycles. The maximum absolute atomic E-state index is 4.01. The Kier molecular flexibility index (Phi) is 3.25. The minimum absolute atomic E-state index is 0.396. The molecule has 82 valence electrons. The highest BCUT2D eigenvalue weighted by Gasteiger charge is 2.08. The van der Waals surface area contributed by atoms with Gasteiger partial charge in [0.2, 0.25) is 0 Å². The van der Waals surface area contributed by atoms with Crippen molar-refractivity contribution in [1.82, 2.24) is 0 Å². The van der Waals surface area contributed by atoms with Crippen LogP contribution in [0.15, 0.2) is 55.1 Å². The Morgan fingerprint density at radius 1 is 1.44 bits per heavy atom. The Hall–Kier alpha value is -1.34. The van der Waals surface area contributed by atoms with Crippen molar-refractivity contribution in [2.24, 2.45) is 5.92 Å². The van der Waals surface area contributed by atoms with Crippen LogP contribution in [-0.4, -0.2) is 0 Å². The number of fused-ring (bicyclic) bond motifs is 1. The Balaban J connectivity index is 2.27. The maximum atomic E-state index is 4.01. The van der Waals surface area contributed by atoms with Crippen LogP contribution in [0.4, 0.5) is 0 Å². The number of rotatable bonds is 4. The molecule has 16 heavy (non-hydrogen) atoms. The lowest BCUT2D eigenvalue weighted by Crippen LogP contribution is -1.99. The molecule has 0 saturated carbocycles. The van der Waals surface area contributed by atoms with E-state index in [1.807, 2.05) is 17.4 Å². The second-order valence-electron chi connectivity index (χ2n) is 4.14. The van der Waals surface area contributed by atoms with Crippen LogP contribution in [0.3, 0.4) is 0 Å². The third-order valence-corrected chi connectivity index (χ3v) is 3.95. The van der Waals surface area contributed by atoms with Crippen molar-refractivity contribution in [2.45, 2.75) is 13.3 Å². The summed E-state index contributed by atoms with van der Waals surface area (Å²) in [6.45, 7) is 9.96. The van der Waals surface area contributed by atoms with E-state index in [9.17, 15) is 0 Å². The van der Waals surface area contributed by atoms with Gasteiger partial charge in [-0.1, -0.05) is 36.4 Å². The van der Waals surface area contributed by atoms with E-state index in [1.165, 1.54) is 20.5 Å². The Labute approximate surface area is 101 Å². The summed E-state index contributed by atoms with van der Waals surface area (Å²) >= 11 is 1.87. The van der Waals surface area contributed by atoms with Gasteiger partial charge in [0, 0.05) is 15.5 Å². The molecule has 0 aliphatic rings. The molecule has 0 radical (unpaired) electrons. The number of hydrogen-bond donors (Lipinski definition) is 0. The highest BCUT2D eigenvalue weighted by Crippen LogP contribution is 2.28. The van der Waals surface area contributed by atoms with E-state index in [0.29, 0.717) is 5.92 Å². The highest BCUT2D eigenvalue weighted by molar-refractivity contribution is 7.19. The maximum Gasteiger partial charge on any atom is 0.0345 e. The van der Waals surface area contributed by atoms with Crippen molar-refractivity contribution < 1.29 is 0 Å². The normalized spacial score (nSPS) is 12.6. The molecule has 0 aliphatic carbocycles. The zero-order valence-corrected chi connectivity index (χ0v) is 10.4. The molecule has 1 unspecified atom stereocenters. The van der Waals surface area contributed by atoms with Crippen molar-refractivity contribution in [3.63, 3.8) is 0 Å². The number of thiophene rings is 1. The molecule has 1 atom stereocenters. The summed E-state index contributed by atoms with van der Waals surface area (Å²) in [5.74, 6) is 0.396. The molecule has 1 aromatic heterocycles. The van der Waals surface area contributed by atoms with Gasteiger partial charge in [0.1, 0.15) is 0 Å². The first-order chi connectivity index (χ1) is 7.70. The first kappa shape index (κ1) is 11.2. The SMILES string of the molecule is C=CC(Cc1cc2ccccc2s1)C(=C)C. The van der Waals surface area contributed by atoms with Crippen LogP contribution in [0.25, 0.3) is 10.1 Å². The predicted molar refractivity (Wildman–Crippen MR) is 74.0 cm³/mol. The van der Waals surface area contributed by atoms with Crippen LogP contribution in [-0.2, 0) is 6.42 Å². The van der Waals surface area contributed by atoms with Gasteiger partial charge in [-0.15, -0.1) is 17.9 Å². The number of allylic oxidation sites excluding steroid dienone is 2. The van der Waals surface area contributed by atoms with E-state index in [2.05, 4.69) is 50.4 Å². The number of benzene rings is 1. The molecule has 1 aromatic carbocycles. The van der Waals surface area contributed by atoms with Crippen molar-refractivity contribution >= 4 is 21.4 Å². The molecule has 0 fully saturated rings. The molecule has 0 bridgehead atoms. The fraction of sp³-hybridized carbons (Fsp3) is 0.200. The molecule has 2 aromatic rings. The minimum Gasteiger partial charge on any atom is -0.140 e. The largest absolute Gasteiger partial charge is 0.140 e. The van der Waals surface area contributed by atoms with Crippen LogP contribution in [0, 0.1) is 5.92 Å². The molecular weight excluding hydrogens is 212 g/mol. The van der Waals surface area contributed by atoms with Gasteiger partial charge in [-0.05, 0) is 30.9 Å². The van der Waals surface area contributed by atoms with Crippen LogP contribution in [0.2, 0.25) is 0 Å². The van der Waals surface area contributed by atoms with E-state index in [1.54, 1.807) is 0 Å². The molecule has 0 N–H and O–H groups in total. The molecule has 0 spiro atoms. The summed E-state index contributed by atoms with van der Waals surface area (Å²) in [4.78, 5) is 1.41. The zero-order valence-electron chi connectivity index (χ0n) is 9.57. The van der Waals surface area contributed by atoms with Gasteiger partial charge in [0.15, 0.2) is 0 Å². The summed E-state index contributed by atoms with van der Waals surface area (Å²) < 4.78 is 1.36. The third kappa shape index (κ3) is 2.25. The molecule has 2 rings (SSSR count). The molecule has 1 heteroatoms. The van der Waals surface area contributed by atoms with Crippen LogP contribution in [0.1, 0.15) is 11.8 Å². The van der Waals surface area contributed by atoms with Crippen LogP contribution in [0.5, 0.6) is 0 Å². The fourth-order valence-corrected chi connectivity index (χ4v) is 2.94. The molecule has 1 heterocycles. The van der Waals surface area contributed by atoms with Crippen molar-refractivity contribution in [1.29, 1.82) is 0 Å². The van der Waals surface area contributed by atoms with Gasteiger partial charge < -0.3 is 0 Å². The average Bonchev–Trinajstić information content (AvgIpc) is 2.67. The lowest BCUT2D eigenvalue weighted by atomic mass is 9.97. The highest BCUT2D eigenvalue weighted by atomic mass is 32.1. The van der Waals surface area contributed by atoms with E-state index in [0.717, 1.165) is 6.42 Å². The standard InChI is InChI=1S/C15H16S/c1-4-12(11(2)3)9-14-10-13-7-5-6-8-15(13)16-14/h4-8,10,12H,1-2,9H2,3H3. The molecular formula is C15H16S. The van der Waals surface area contributed by atoms with Gasteiger partial charge >= 0.3 is 0 Å². The quantitative estimate of drug-likeness (QED) is 0.658. The van der Waals surface area contributed by atoms with Gasteiger partial charge in [0.25, 0.3) is 0 Å². The monoisotopic (exact) mass is 228 g/mol. The average molecular weight is 228 g/mol. The van der Waals surface area contributed by atoms with Gasteiger partial charge in [-0.2, -0.15) is 0 Å². The second-order valence-corrected chi connectivity index (χ2v) is 5.31. The van der Waals surface area contributed by atoms with E-state index < -0.39 is 0 Å². The first-order valence-electron chi connectivity index (χ1n) is 5.46. The van der Waals surface area contributed by atoms with Crippen molar-refractivity contribution in [3.8, 4) is 0 Å². The summed E-state index contributed by atoms with van der Waals surface area (Å²) in [5, 5.41) is 1.34. The summed E-state index contributed by atoms with van der Waals surface area (Å²) in [5.41, 5.74) is 1.19. The summed E-state index contributed by atoms with van der Waals surface area (Å²) in [6.07, 6.45) is 3.02. The number of hydrogen-bond acceptors (Lipinski definition) is 1. The predicted octanol–water partition coefficient (Wildman–Crippen LogP) is 4.82. The summed E-state index contributed by atoms with van der Waals surface area (Å²) in [7, 11) is 0. The van der Waals surface area contributed by atoms with Crippen molar-refractivity contribution in [2.75, 3.05) is 0 Å². The molecule has 0 nitrogen and oxygen atoms in total. The second kappa shape index (κ2) is 4.67. The summed E-state index contributed by atoms with van der Waals surface area (Å²) in [6, 6.07) is 10.8. The van der Waals surface area contributed by atoms with Crippen LogP contribution < -0.4 is 0 Å². The van der Waals surface area contributed by atoms with Gasteiger partial charge in [-0.25, -0.2) is 0 Å². The Morgan fingerprint density at radius 2 is 2.19 bits per heavy atom. The van der Waals surface area contributed by atoms with Crippen LogP contribution >= 0.6 is 11.3 Å². The molecule has 0 amide bonds. The van der Waals surface area contributed by atoms with Crippen molar-refractivity contribution in [3.05, 3.63) is 60.0 Å². The lowest BCUT2D eigenvalue weighted by molar-refractivity contribution is 0.768. The van der Waals surface area contributed by atoms with E-state index in [-0.39, 0.29) is 0 Å². The Bertz CT molecular complexity index is 486. The smallest absolute Gasteiger partial charge is 0.0345 e. The van der Waals surface area contributed by atoms with E-state index >= 15 is 0 Å². The first-order valence-corrected chi connectivity index (χ1v) is 6.28. The van der Waals surface area contributed by atoms with Gasteiger partial charge in [-0.3, -0.25) is 0 Å². The fourth-order valence-electron chi connectivity index (χ4n) is 1.81. The van der Waals surface area contributed by atoms with Gasteiger partial charge in [0.05, 0.1) is 0 Å². The lowest BCUT2D eigenvalue weighted by Gasteiger charge is -2.09. The Morgan fingerprint density at radius 3 is 2.81 bits per heavy atom. The zero-order chi connectivity index (χ0) is 11.5.